The molecule has 0 spiro atoms. The van der Waals surface area contributed by atoms with E-state index in [1.54, 1.807) is 0 Å². The van der Waals surface area contributed by atoms with Crippen LogP contribution >= 0.6 is 15.9 Å². The molecule has 19 heavy (non-hydrogen) atoms. The molecule has 1 nitrogen and oxygen atoms in total. The van der Waals surface area contributed by atoms with Crippen molar-refractivity contribution < 1.29 is 4.39 Å². The molecule has 3 heteroatoms. The van der Waals surface area contributed by atoms with Crippen molar-refractivity contribution in [3.05, 3.63) is 34.1 Å². The van der Waals surface area contributed by atoms with Gasteiger partial charge in [-0.05, 0) is 38.0 Å². The number of hydrogen-bond donors (Lipinski definition) is 1. The third-order valence-corrected chi connectivity index (χ3v) is 4.14. The van der Waals surface area contributed by atoms with Crippen molar-refractivity contribution in [2.45, 2.75) is 65.0 Å². The van der Waals surface area contributed by atoms with Crippen molar-refractivity contribution in [1.29, 1.82) is 0 Å². The summed E-state index contributed by atoms with van der Waals surface area (Å²) in [4.78, 5) is 0. The van der Waals surface area contributed by atoms with Gasteiger partial charge in [-0.2, -0.15) is 0 Å². The molecule has 1 aromatic carbocycles. The van der Waals surface area contributed by atoms with E-state index in [4.69, 9.17) is 0 Å². The summed E-state index contributed by atoms with van der Waals surface area (Å²) < 4.78 is 13.9. The lowest BCUT2D eigenvalue weighted by molar-refractivity contribution is 0.437. The number of rotatable bonds is 8. The monoisotopic (exact) mass is 329 g/mol. The number of hydrogen-bond acceptors (Lipinski definition) is 1. The van der Waals surface area contributed by atoms with E-state index in [9.17, 15) is 4.39 Å². The Morgan fingerprint density at radius 1 is 1.21 bits per heavy atom. The highest BCUT2D eigenvalue weighted by molar-refractivity contribution is 9.10. The molecule has 1 N–H and O–H groups in total. The lowest BCUT2D eigenvalue weighted by Gasteiger charge is -2.21. The fourth-order valence-electron chi connectivity index (χ4n) is 2.33. The normalized spacial score (nSPS) is 14.4. The molecule has 108 valence electrons. The number of halogens is 2. The van der Waals surface area contributed by atoms with Crippen LogP contribution in [0.25, 0.3) is 0 Å². The molecular weight excluding hydrogens is 305 g/mol. The van der Waals surface area contributed by atoms with Crippen LogP contribution in [-0.2, 0) is 0 Å². The minimum atomic E-state index is -0.199. The third kappa shape index (κ3) is 6.05. The van der Waals surface area contributed by atoms with Gasteiger partial charge in [0.05, 0.1) is 0 Å². The second-order valence-corrected chi connectivity index (χ2v) is 6.16. The zero-order valence-corrected chi connectivity index (χ0v) is 13.8. The molecule has 2 atom stereocenters. The summed E-state index contributed by atoms with van der Waals surface area (Å²) in [6, 6.07) is 5.62. The molecule has 0 aliphatic heterocycles. The molecule has 0 aromatic heterocycles. The Bertz CT molecular complexity index is 381. The third-order valence-electron chi connectivity index (χ3n) is 3.45. The molecule has 0 heterocycles. The topological polar surface area (TPSA) is 12.0 Å². The Labute approximate surface area is 125 Å². The van der Waals surface area contributed by atoms with E-state index < -0.39 is 0 Å². The predicted octanol–water partition coefficient (Wildman–Crippen LogP) is 5.60. The first kappa shape index (κ1) is 16.6. The molecule has 1 rings (SSSR count). The van der Waals surface area contributed by atoms with Gasteiger partial charge in [0.15, 0.2) is 0 Å². The molecule has 0 aliphatic carbocycles. The molecule has 0 fully saturated rings. The van der Waals surface area contributed by atoms with Gasteiger partial charge in [-0.25, -0.2) is 4.39 Å². The lowest BCUT2D eigenvalue weighted by atomic mass is 10.0. The van der Waals surface area contributed by atoms with Gasteiger partial charge in [-0.1, -0.05) is 54.6 Å². The average molecular weight is 330 g/mol. The van der Waals surface area contributed by atoms with E-state index in [1.807, 2.05) is 6.07 Å². The van der Waals surface area contributed by atoms with Gasteiger partial charge in [0.1, 0.15) is 5.82 Å². The van der Waals surface area contributed by atoms with E-state index in [-0.39, 0.29) is 11.9 Å². The second kappa shape index (κ2) is 8.70. The summed E-state index contributed by atoms with van der Waals surface area (Å²) in [5.74, 6) is -0.199. The summed E-state index contributed by atoms with van der Waals surface area (Å²) in [5, 5.41) is 3.58. The maximum atomic E-state index is 13.1. The summed E-state index contributed by atoms with van der Waals surface area (Å²) in [6.07, 6.45) is 6.39. The van der Waals surface area contributed by atoms with E-state index in [0.29, 0.717) is 6.04 Å². The average Bonchev–Trinajstić information content (AvgIpc) is 2.34. The maximum absolute atomic E-state index is 13.1. The van der Waals surface area contributed by atoms with Gasteiger partial charge in [0.25, 0.3) is 0 Å². The van der Waals surface area contributed by atoms with Gasteiger partial charge in [0, 0.05) is 16.6 Å². The summed E-state index contributed by atoms with van der Waals surface area (Å²) in [5.41, 5.74) is 1.11. The van der Waals surface area contributed by atoms with E-state index in [0.717, 1.165) is 10.0 Å². The summed E-state index contributed by atoms with van der Waals surface area (Å²) in [7, 11) is 0. The van der Waals surface area contributed by atoms with E-state index in [1.165, 1.54) is 44.2 Å². The fourth-order valence-corrected chi connectivity index (χ4v) is 3.02. The Hall–Kier alpha value is -0.410. The molecule has 0 saturated heterocycles. The van der Waals surface area contributed by atoms with Gasteiger partial charge in [0.2, 0.25) is 0 Å². The van der Waals surface area contributed by atoms with Crippen LogP contribution in [0.2, 0.25) is 0 Å². The molecule has 0 saturated carbocycles. The molecule has 2 unspecified atom stereocenters. The fraction of sp³-hybridized carbons (Fsp3) is 0.625. The molecule has 1 aromatic rings. The van der Waals surface area contributed by atoms with Crippen molar-refractivity contribution >= 4 is 15.9 Å². The van der Waals surface area contributed by atoms with Crippen LogP contribution in [0.4, 0.5) is 4.39 Å². The van der Waals surface area contributed by atoms with E-state index in [2.05, 4.69) is 42.0 Å². The number of benzene rings is 1. The maximum Gasteiger partial charge on any atom is 0.124 e. The molecule has 0 bridgehead atoms. The minimum Gasteiger partial charge on any atom is -0.308 e. The van der Waals surface area contributed by atoms with Crippen LogP contribution in [-0.4, -0.2) is 6.04 Å². The van der Waals surface area contributed by atoms with Crippen LogP contribution in [0.5, 0.6) is 0 Å². The Morgan fingerprint density at radius 2 is 1.95 bits per heavy atom. The van der Waals surface area contributed by atoms with Crippen LogP contribution in [0.3, 0.4) is 0 Å². The summed E-state index contributed by atoms with van der Waals surface area (Å²) in [6.45, 7) is 6.58. The highest BCUT2D eigenvalue weighted by Crippen LogP contribution is 2.24. The Balaban J connectivity index is 2.43. The summed E-state index contributed by atoms with van der Waals surface area (Å²) >= 11 is 3.43. The van der Waals surface area contributed by atoms with Crippen LogP contribution in [0.15, 0.2) is 22.7 Å². The number of unbranched alkanes of at least 4 members (excludes halogenated alkanes) is 3. The van der Waals surface area contributed by atoms with Gasteiger partial charge in [-0.3, -0.25) is 0 Å². The molecular formula is C16H25BrFN. The quantitative estimate of drug-likeness (QED) is 0.612. The smallest absolute Gasteiger partial charge is 0.124 e. The highest BCUT2D eigenvalue weighted by Gasteiger charge is 2.12. The van der Waals surface area contributed by atoms with E-state index >= 15 is 0 Å². The largest absolute Gasteiger partial charge is 0.308 e. The molecule has 0 aliphatic rings. The first-order valence-electron chi connectivity index (χ1n) is 7.25. The Kier molecular flexibility index (Phi) is 7.62. The molecule has 0 radical (unpaired) electrons. The second-order valence-electron chi connectivity index (χ2n) is 5.30. The van der Waals surface area contributed by atoms with Crippen molar-refractivity contribution in [2.75, 3.05) is 0 Å². The minimum absolute atomic E-state index is 0.199. The van der Waals surface area contributed by atoms with Crippen LogP contribution in [0.1, 0.15) is 64.5 Å². The lowest BCUT2D eigenvalue weighted by Crippen LogP contribution is -2.29. The van der Waals surface area contributed by atoms with Crippen molar-refractivity contribution in [3.8, 4) is 0 Å². The van der Waals surface area contributed by atoms with Crippen molar-refractivity contribution in [1.82, 2.24) is 5.32 Å². The van der Waals surface area contributed by atoms with Crippen molar-refractivity contribution in [2.24, 2.45) is 0 Å². The molecule has 0 amide bonds. The van der Waals surface area contributed by atoms with Crippen molar-refractivity contribution in [3.63, 3.8) is 0 Å². The highest BCUT2D eigenvalue weighted by atomic mass is 79.9. The first-order valence-corrected chi connectivity index (χ1v) is 8.05. The predicted molar refractivity (Wildman–Crippen MR) is 83.9 cm³/mol. The SMILES string of the molecule is CCCCCCC(C)NC(C)c1ccc(F)cc1Br. The van der Waals surface area contributed by atoms with Gasteiger partial charge < -0.3 is 5.32 Å². The first-order chi connectivity index (χ1) is 9.04. The zero-order valence-electron chi connectivity index (χ0n) is 12.2. The zero-order chi connectivity index (χ0) is 14.3. The Morgan fingerprint density at radius 3 is 2.58 bits per heavy atom. The number of nitrogens with one attached hydrogen (secondary N) is 1. The van der Waals surface area contributed by atoms with Gasteiger partial charge in [-0.15, -0.1) is 0 Å². The van der Waals surface area contributed by atoms with Crippen LogP contribution in [0, 0.1) is 5.82 Å². The van der Waals surface area contributed by atoms with Crippen LogP contribution < -0.4 is 5.32 Å². The van der Waals surface area contributed by atoms with Gasteiger partial charge >= 0.3 is 0 Å². The standard InChI is InChI=1S/C16H25BrFN/c1-4-5-6-7-8-12(2)19-13(3)15-10-9-14(18)11-16(15)17/h9-13,19H,4-8H2,1-3H3.